The lowest BCUT2D eigenvalue weighted by atomic mass is 10.2. The zero-order valence-corrected chi connectivity index (χ0v) is 15.9. The van der Waals surface area contributed by atoms with Gasteiger partial charge in [0.2, 0.25) is 0 Å². The molecule has 2 aromatic carbocycles. The van der Waals surface area contributed by atoms with E-state index in [4.69, 9.17) is 16.3 Å². The Hall–Kier alpha value is -2.73. The molecule has 0 unspecified atom stereocenters. The molecule has 0 saturated heterocycles. The molecular formula is C19H22ClN3O3. The number of nitrogens with zero attached hydrogens (tertiary/aromatic N) is 1. The molecule has 2 amide bonds. The fourth-order valence-electron chi connectivity index (χ4n) is 2.21. The molecule has 0 heterocycles. The van der Waals surface area contributed by atoms with Gasteiger partial charge in [0, 0.05) is 30.4 Å². The fourth-order valence-corrected chi connectivity index (χ4v) is 2.39. The minimum Gasteiger partial charge on any atom is -0.490 e. The second-order valence-electron chi connectivity index (χ2n) is 6.16. The molecule has 0 atom stereocenters. The van der Waals surface area contributed by atoms with E-state index in [1.807, 2.05) is 38.9 Å². The van der Waals surface area contributed by atoms with Gasteiger partial charge >= 0.3 is 0 Å². The van der Waals surface area contributed by atoms with Crippen molar-refractivity contribution in [2.75, 3.05) is 19.0 Å². The smallest absolute Gasteiger partial charge is 0.273 e. The van der Waals surface area contributed by atoms with Crippen molar-refractivity contribution < 1.29 is 14.3 Å². The van der Waals surface area contributed by atoms with Gasteiger partial charge in [0.15, 0.2) is 0 Å². The highest BCUT2D eigenvalue weighted by Gasteiger charge is 2.16. The van der Waals surface area contributed by atoms with Crippen LogP contribution in [-0.4, -0.2) is 32.0 Å². The molecule has 0 spiro atoms. The number of carbonyl (C=O) groups excluding carboxylic acids is 2. The molecule has 0 radical (unpaired) electrons. The van der Waals surface area contributed by atoms with Gasteiger partial charge in [0.25, 0.3) is 11.8 Å². The highest BCUT2D eigenvalue weighted by molar-refractivity contribution is 6.31. The number of halogens is 1. The third kappa shape index (κ3) is 5.13. The van der Waals surface area contributed by atoms with E-state index in [9.17, 15) is 9.59 Å². The number of hydrogen-bond donors (Lipinski definition) is 2. The van der Waals surface area contributed by atoms with Gasteiger partial charge in [-0.25, -0.2) is 0 Å². The lowest BCUT2D eigenvalue weighted by Crippen LogP contribution is -2.41. The normalized spacial score (nSPS) is 10.4. The highest BCUT2D eigenvalue weighted by Crippen LogP contribution is 2.23. The maximum Gasteiger partial charge on any atom is 0.273 e. The van der Waals surface area contributed by atoms with Crippen molar-refractivity contribution in [2.24, 2.45) is 0 Å². The van der Waals surface area contributed by atoms with Gasteiger partial charge in [-0.05, 0) is 50.2 Å². The van der Waals surface area contributed by atoms with Crippen molar-refractivity contribution >= 4 is 29.1 Å². The first-order valence-electron chi connectivity index (χ1n) is 8.12. The maximum atomic E-state index is 12.4. The molecule has 0 aliphatic carbocycles. The predicted molar refractivity (Wildman–Crippen MR) is 103 cm³/mol. The summed E-state index contributed by atoms with van der Waals surface area (Å²) in [6, 6.07) is 11.8. The SMILES string of the molecule is CC(C)Oc1ccc(Cl)cc1C(=O)NNC(=O)c1cccc(N(C)C)c1. The van der Waals surface area contributed by atoms with Crippen LogP contribution < -0.4 is 20.5 Å². The summed E-state index contributed by atoms with van der Waals surface area (Å²) in [5, 5.41) is 0.399. The van der Waals surface area contributed by atoms with Gasteiger partial charge in [-0.2, -0.15) is 0 Å². The minimum atomic E-state index is -0.514. The third-order valence-electron chi connectivity index (χ3n) is 3.46. The summed E-state index contributed by atoms with van der Waals surface area (Å²) < 4.78 is 5.62. The van der Waals surface area contributed by atoms with Crippen molar-refractivity contribution in [1.82, 2.24) is 10.9 Å². The molecule has 0 fully saturated rings. The number of carbonyl (C=O) groups is 2. The molecule has 0 aliphatic rings. The highest BCUT2D eigenvalue weighted by atomic mass is 35.5. The number of hydrogen-bond acceptors (Lipinski definition) is 4. The summed E-state index contributed by atoms with van der Waals surface area (Å²) in [6.45, 7) is 3.71. The van der Waals surface area contributed by atoms with Crippen LogP contribution in [0.3, 0.4) is 0 Å². The molecule has 0 aromatic heterocycles. The summed E-state index contributed by atoms with van der Waals surface area (Å²) in [6.07, 6.45) is -0.105. The number of amides is 2. The summed E-state index contributed by atoms with van der Waals surface area (Å²) in [4.78, 5) is 26.6. The van der Waals surface area contributed by atoms with E-state index < -0.39 is 11.8 Å². The van der Waals surface area contributed by atoms with E-state index in [2.05, 4.69) is 10.9 Å². The van der Waals surface area contributed by atoms with E-state index in [1.165, 1.54) is 6.07 Å². The topological polar surface area (TPSA) is 70.7 Å². The summed E-state index contributed by atoms with van der Waals surface area (Å²) in [5.41, 5.74) is 6.36. The number of anilines is 1. The second kappa shape index (κ2) is 8.58. The molecule has 138 valence electrons. The number of rotatable bonds is 5. The lowest BCUT2D eigenvalue weighted by molar-refractivity contribution is 0.0843. The van der Waals surface area contributed by atoms with Crippen molar-refractivity contribution in [3.63, 3.8) is 0 Å². The molecular weight excluding hydrogens is 354 g/mol. The number of hydrazine groups is 1. The molecule has 0 aliphatic heterocycles. The van der Waals surface area contributed by atoms with Crippen molar-refractivity contribution in [2.45, 2.75) is 20.0 Å². The van der Waals surface area contributed by atoms with Gasteiger partial charge in [-0.3, -0.25) is 20.4 Å². The number of nitrogens with one attached hydrogen (secondary N) is 2. The summed E-state index contributed by atoms with van der Waals surface area (Å²) in [5.74, 6) is -0.540. The Morgan fingerprint density at radius 3 is 2.38 bits per heavy atom. The maximum absolute atomic E-state index is 12.4. The van der Waals surface area contributed by atoms with Crippen molar-refractivity contribution in [3.05, 3.63) is 58.6 Å². The molecule has 2 aromatic rings. The first-order chi connectivity index (χ1) is 12.3. The Balaban J connectivity index is 2.10. The Morgan fingerprint density at radius 2 is 1.73 bits per heavy atom. The van der Waals surface area contributed by atoms with Gasteiger partial charge in [-0.15, -0.1) is 0 Å². The zero-order chi connectivity index (χ0) is 19.3. The Bertz CT molecular complexity index is 806. The largest absolute Gasteiger partial charge is 0.490 e. The monoisotopic (exact) mass is 375 g/mol. The zero-order valence-electron chi connectivity index (χ0n) is 15.2. The standard InChI is InChI=1S/C19H22ClN3O3/c1-12(2)26-17-9-8-14(20)11-16(17)19(25)22-21-18(24)13-6-5-7-15(10-13)23(3)4/h5-12H,1-4H3,(H,21,24)(H,22,25). The first-order valence-corrected chi connectivity index (χ1v) is 8.50. The van der Waals surface area contributed by atoms with E-state index in [0.29, 0.717) is 16.3 Å². The average molecular weight is 376 g/mol. The quantitative estimate of drug-likeness (QED) is 0.787. The fraction of sp³-hybridized carbons (Fsp3) is 0.263. The van der Waals surface area contributed by atoms with Crippen LogP contribution in [0.5, 0.6) is 5.75 Å². The Kier molecular flexibility index (Phi) is 6.46. The van der Waals surface area contributed by atoms with Gasteiger partial charge < -0.3 is 9.64 Å². The molecule has 0 bridgehead atoms. The van der Waals surface area contributed by atoms with E-state index in [0.717, 1.165) is 5.69 Å². The van der Waals surface area contributed by atoms with Crippen LogP contribution in [-0.2, 0) is 0 Å². The first kappa shape index (κ1) is 19.6. The summed E-state index contributed by atoms with van der Waals surface area (Å²) >= 11 is 5.98. The van der Waals surface area contributed by atoms with Crippen LogP contribution in [0.25, 0.3) is 0 Å². The lowest BCUT2D eigenvalue weighted by Gasteiger charge is -2.15. The van der Waals surface area contributed by atoms with E-state index in [1.54, 1.807) is 30.3 Å². The molecule has 0 saturated carbocycles. The Labute approximate surface area is 158 Å². The molecule has 6 nitrogen and oxygen atoms in total. The van der Waals surface area contributed by atoms with Crippen molar-refractivity contribution in [1.29, 1.82) is 0 Å². The second-order valence-corrected chi connectivity index (χ2v) is 6.60. The Morgan fingerprint density at radius 1 is 1.04 bits per heavy atom. The van der Waals surface area contributed by atoms with Crippen LogP contribution >= 0.6 is 11.6 Å². The van der Waals surface area contributed by atoms with E-state index >= 15 is 0 Å². The van der Waals surface area contributed by atoms with E-state index in [-0.39, 0.29) is 11.7 Å². The molecule has 7 heteroatoms. The predicted octanol–water partition coefficient (Wildman–Crippen LogP) is 3.27. The molecule has 2 rings (SSSR count). The average Bonchev–Trinajstić information content (AvgIpc) is 2.60. The van der Waals surface area contributed by atoms with Gasteiger partial charge in [0.1, 0.15) is 5.75 Å². The van der Waals surface area contributed by atoms with Gasteiger partial charge in [0.05, 0.1) is 11.7 Å². The van der Waals surface area contributed by atoms with Crippen LogP contribution in [0.4, 0.5) is 5.69 Å². The van der Waals surface area contributed by atoms with Crippen LogP contribution in [0, 0.1) is 0 Å². The van der Waals surface area contributed by atoms with Crippen LogP contribution in [0.2, 0.25) is 5.02 Å². The summed E-state index contributed by atoms with van der Waals surface area (Å²) in [7, 11) is 3.77. The molecule has 2 N–H and O–H groups in total. The van der Waals surface area contributed by atoms with Crippen LogP contribution in [0.15, 0.2) is 42.5 Å². The third-order valence-corrected chi connectivity index (χ3v) is 3.70. The molecule has 26 heavy (non-hydrogen) atoms. The minimum absolute atomic E-state index is 0.105. The number of ether oxygens (including phenoxy) is 1. The van der Waals surface area contributed by atoms with Crippen molar-refractivity contribution in [3.8, 4) is 5.75 Å². The van der Waals surface area contributed by atoms with Crippen LogP contribution in [0.1, 0.15) is 34.6 Å². The number of benzene rings is 2. The van der Waals surface area contributed by atoms with Gasteiger partial charge in [-0.1, -0.05) is 17.7 Å².